The summed E-state index contributed by atoms with van der Waals surface area (Å²) in [5.74, 6) is 0.937. The zero-order valence-electron chi connectivity index (χ0n) is 18.8. The monoisotopic (exact) mass is 449 g/mol. The van der Waals surface area contributed by atoms with Gasteiger partial charge in [-0.2, -0.15) is 10.4 Å². The third kappa shape index (κ3) is 3.72. The second-order valence-electron chi connectivity index (χ2n) is 9.06. The molecule has 2 aromatic heterocycles. The summed E-state index contributed by atoms with van der Waals surface area (Å²) in [4.78, 5) is 33.8. The van der Waals surface area contributed by atoms with Gasteiger partial charge in [0.25, 0.3) is 5.91 Å². The van der Waals surface area contributed by atoms with Gasteiger partial charge in [-0.15, -0.1) is 0 Å². The van der Waals surface area contributed by atoms with E-state index in [2.05, 4.69) is 21.5 Å². The molecular formula is C23H27N7O3. The minimum atomic E-state index is -0.885. The number of anilines is 3. The molecule has 4 heterocycles. The number of nitrogens with zero attached hydrogens (tertiary/aromatic N) is 6. The lowest BCUT2D eigenvalue weighted by Crippen LogP contribution is -2.38. The predicted octanol–water partition coefficient (Wildman–Crippen LogP) is 2.08. The van der Waals surface area contributed by atoms with Crippen molar-refractivity contribution in [2.75, 3.05) is 37.0 Å². The molecule has 0 unspecified atom stereocenters. The summed E-state index contributed by atoms with van der Waals surface area (Å²) >= 11 is 0. The minimum absolute atomic E-state index is 0.0660. The van der Waals surface area contributed by atoms with Crippen molar-refractivity contribution in [2.45, 2.75) is 31.7 Å². The van der Waals surface area contributed by atoms with Crippen molar-refractivity contribution in [1.29, 1.82) is 5.26 Å². The lowest BCUT2D eigenvalue weighted by molar-refractivity contribution is -0.123. The number of aryl methyl sites for hydroxylation is 1. The van der Waals surface area contributed by atoms with Gasteiger partial charge >= 0.3 is 0 Å². The highest BCUT2D eigenvalue weighted by molar-refractivity contribution is 6.02. The number of likely N-dealkylation sites (N-methyl/N-ethyl adjacent to an activating group) is 1. The van der Waals surface area contributed by atoms with Gasteiger partial charge < -0.3 is 19.9 Å². The van der Waals surface area contributed by atoms with Gasteiger partial charge in [0.05, 0.1) is 18.7 Å². The lowest BCUT2D eigenvalue weighted by atomic mass is 9.83. The van der Waals surface area contributed by atoms with Gasteiger partial charge in [-0.25, -0.2) is 4.98 Å². The number of ether oxygens (including phenoxy) is 1. The standard InChI is InChI=1S/C23H27N7O3/c1-28(17-6-10-33-13-17)21(31)18-12-20(27-29(18)2)26-19-11-16(5-8-25-19)30-9-7-23(14-24,22(30)32)15-3-4-15/h5,8,11-12,15,17H,3-4,6-7,9-10,13H2,1-2H3,(H,25,26,27)/t17-,23-/m1/s1. The van der Waals surface area contributed by atoms with Gasteiger partial charge in [0.2, 0.25) is 5.91 Å². The van der Waals surface area contributed by atoms with Gasteiger partial charge in [-0.05, 0) is 37.7 Å². The number of nitriles is 1. The van der Waals surface area contributed by atoms with Crippen molar-refractivity contribution >= 4 is 29.1 Å². The fourth-order valence-corrected chi connectivity index (χ4v) is 4.82. The largest absolute Gasteiger partial charge is 0.379 e. The zero-order valence-corrected chi connectivity index (χ0v) is 18.8. The van der Waals surface area contributed by atoms with Crippen molar-refractivity contribution in [3.8, 4) is 6.07 Å². The molecule has 2 aliphatic heterocycles. The van der Waals surface area contributed by atoms with E-state index in [0.29, 0.717) is 49.2 Å². The van der Waals surface area contributed by atoms with E-state index in [-0.39, 0.29) is 23.8 Å². The Bertz CT molecular complexity index is 1130. The number of rotatable bonds is 6. The third-order valence-electron chi connectivity index (χ3n) is 7.01. The molecule has 1 N–H and O–H groups in total. The molecule has 5 rings (SSSR count). The molecular weight excluding hydrogens is 422 g/mol. The Hall–Kier alpha value is -3.45. The van der Waals surface area contributed by atoms with Crippen LogP contribution in [0.1, 0.15) is 36.2 Å². The molecule has 2 atom stereocenters. The van der Waals surface area contributed by atoms with E-state index in [0.717, 1.165) is 19.3 Å². The van der Waals surface area contributed by atoms with Crippen LogP contribution in [0.4, 0.5) is 17.3 Å². The van der Waals surface area contributed by atoms with Crippen LogP contribution in [0.2, 0.25) is 0 Å². The van der Waals surface area contributed by atoms with E-state index in [4.69, 9.17) is 4.74 Å². The Morgan fingerprint density at radius 1 is 1.33 bits per heavy atom. The van der Waals surface area contributed by atoms with Gasteiger partial charge in [-0.1, -0.05) is 0 Å². The topological polar surface area (TPSA) is 116 Å². The molecule has 0 spiro atoms. The quantitative estimate of drug-likeness (QED) is 0.718. The summed E-state index contributed by atoms with van der Waals surface area (Å²) in [5, 5.41) is 17.3. The summed E-state index contributed by atoms with van der Waals surface area (Å²) in [7, 11) is 3.51. The molecule has 1 aliphatic carbocycles. The lowest BCUT2D eigenvalue weighted by Gasteiger charge is -2.22. The molecule has 3 fully saturated rings. The Morgan fingerprint density at radius 3 is 2.85 bits per heavy atom. The Morgan fingerprint density at radius 2 is 2.15 bits per heavy atom. The average Bonchev–Trinajstić information content (AvgIpc) is 3.24. The molecule has 172 valence electrons. The van der Waals surface area contributed by atoms with E-state index < -0.39 is 5.41 Å². The van der Waals surface area contributed by atoms with Crippen LogP contribution in [0.25, 0.3) is 0 Å². The molecule has 0 aromatic carbocycles. The second kappa shape index (κ2) is 8.15. The van der Waals surface area contributed by atoms with Crippen molar-refractivity contribution < 1.29 is 14.3 Å². The summed E-state index contributed by atoms with van der Waals surface area (Å²) in [6.45, 7) is 1.73. The van der Waals surface area contributed by atoms with E-state index in [1.807, 2.05) is 0 Å². The molecule has 2 aromatic rings. The Kier molecular flexibility index (Phi) is 5.29. The fourth-order valence-electron chi connectivity index (χ4n) is 4.82. The molecule has 10 heteroatoms. The first-order chi connectivity index (χ1) is 15.9. The average molecular weight is 450 g/mol. The van der Waals surface area contributed by atoms with Gasteiger partial charge in [0.1, 0.15) is 16.9 Å². The third-order valence-corrected chi connectivity index (χ3v) is 7.01. The number of hydrogen-bond acceptors (Lipinski definition) is 7. The number of hydrogen-bond donors (Lipinski definition) is 1. The van der Waals surface area contributed by atoms with Crippen LogP contribution in [0, 0.1) is 22.7 Å². The van der Waals surface area contributed by atoms with Crippen molar-refractivity contribution in [1.82, 2.24) is 19.7 Å². The predicted molar refractivity (Wildman–Crippen MR) is 120 cm³/mol. The van der Waals surface area contributed by atoms with E-state index in [1.54, 1.807) is 53.0 Å². The highest BCUT2D eigenvalue weighted by atomic mass is 16.5. The molecule has 10 nitrogen and oxygen atoms in total. The first-order valence-electron chi connectivity index (χ1n) is 11.3. The van der Waals surface area contributed by atoms with Crippen molar-refractivity contribution in [3.63, 3.8) is 0 Å². The smallest absolute Gasteiger partial charge is 0.272 e. The first kappa shape index (κ1) is 21.4. The van der Waals surface area contributed by atoms with Crippen LogP contribution < -0.4 is 10.2 Å². The summed E-state index contributed by atoms with van der Waals surface area (Å²) in [5.41, 5.74) is 0.272. The maximum atomic E-state index is 13.1. The fraction of sp³-hybridized carbons (Fsp3) is 0.522. The number of carbonyl (C=O) groups excluding carboxylic acids is 2. The van der Waals surface area contributed by atoms with Crippen LogP contribution in [0.5, 0.6) is 0 Å². The molecule has 2 amide bonds. The van der Waals surface area contributed by atoms with Crippen molar-refractivity contribution in [3.05, 3.63) is 30.1 Å². The summed E-state index contributed by atoms with van der Waals surface area (Å²) < 4.78 is 6.94. The molecule has 3 aliphatic rings. The number of pyridine rings is 1. The molecule has 33 heavy (non-hydrogen) atoms. The highest BCUT2D eigenvalue weighted by Crippen LogP contribution is 2.51. The minimum Gasteiger partial charge on any atom is -0.379 e. The van der Waals surface area contributed by atoms with Gasteiger partial charge in [0, 0.05) is 51.3 Å². The van der Waals surface area contributed by atoms with E-state index >= 15 is 0 Å². The van der Waals surface area contributed by atoms with E-state index in [1.165, 1.54) is 0 Å². The van der Waals surface area contributed by atoms with E-state index in [9.17, 15) is 14.9 Å². The number of nitrogens with one attached hydrogen (secondary N) is 1. The van der Waals surface area contributed by atoms with Crippen LogP contribution in [0.15, 0.2) is 24.4 Å². The zero-order chi connectivity index (χ0) is 23.2. The summed E-state index contributed by atoms with van der Waals surface area (Å²) in [6, 6.07) is 7.62. The SMILES string of the molecule is CN(C(=O)c1cc(Nc2cc(N3CC[C@@](C#N)(C4CC4)C3=O)ccn2)nn1C)[C@@H]1CCOC1. The van der Waals surface area contributed by atoms with Crippen LogP contribution in [0.3, 0.4) is 0 Å². The highest BCUT2D eigenvalue weighted by Gasteiger charge is 2.56. The first-order valence-corrected chi connectivity index (χ1v) is 11.3. The molecule has 2 saturated heterocycles. The number of amides is 2. The second-order valence-corrected chi connectivity index (χ2v) is 9.06. The number of aromatic nitrogens is 3. The van der Waals surface area contributed by atoms with Crippen molar-refractivity contribution in [2.24, 2.45) is 18.4 Å². The summed E-state index contributed by atoms with van der Waals surface area (Å²) in [6.07, 6.45) is 4.89. The molecule has 0 radical (unpaired) electrons. The Balaban J connectivity index is 1.32. The molecule has 0 bridgehead atoms. The van der Waals surface area contributed by atoms with Crippen LogP contribution >= 0.6 is 0 Å². The number of carbonyl (C=O) groups is 2. The molecule has 1 saturated carbocycles. The van der Waals surface area contributed by atoms with Crippen LogP contribution in [-0.4, -0.2) is 64.3 Å². The normalized spacial score (nSPS) is 24.7. The van der Waals surface area contributed by atoms with Crippen LogP contribution in [-0.2, 0) is 16.6 Å². The van der Waals surface area contributed by atoms with Gasteiger partial charge in [0.15, 0.2) is 5.82 Å². The Labute approximate surface area is 192 Å². The van der Waals surface area contributed by atoms with Gasteiger partial charge in [-0.3, -0.25) is 14.3 Å². The maximum Gasteiger partial charge on any atom is 0.272 e. The maximum absolute atomic E-state index is 13.1.